The number of carbonyl (C=O) groups is 1. The molecule has 4 rings (SSSR count). The van der Waals surface area contributed by atoms with Crippen molar-refractivity contribution < 1.29 is 4.79 Å². The molecule has 124 valence electrons. The Bertz CT molecular complexity index is 831. The minimum Gasteiger partial charge on any atom is -0.324 e. The first-order valence-electron chi connectivity index (χ1n) is 8.02. The summed E-state index contributed by atoms with van der Waals surface area (Å²) in [5.74, 6) is 0.452. The van der Waals surface area contributed by atoms with Gasteiger partial charge in [0.2, 0.25) is 0 Å². The number of hydrogen-bond acceptors (Lipinski definition) is 5. The molecular weight excluding hydrogens is 340 g/mol. The molecule has 0 unspecified atom stereocenters. The fraction of sp³-hybridized carbons (Fsp3) is 0.353. The van der Waals surface area contributed by atoms with Gasteiger partial charge in [-0.2, -0.15) is 0 Å². The molecule has 5 nitrogen and oxygen atoms in total. The lowest BCUT2D eigenvalue weighted by molar-refractivity contribution is 0.194. The second-order valence-corrected chi connectivity index (χ2v) is 7.93. The molecule has 24 heavy (non-hydrogen) atoms. The molecule has 1 aliphatic heterocycles. The van der Waals surface area contributed by atoms with Crippen molar-refractivity contribution in [3.63, 3.8) is 0 Å². The summed E-state index contributed by atoms with van der Waals surface area (Å²) in [5, 5.41) is 6.70. The number of rotatable bonds is 2. The predicted octanol–water partition coefficient (Wildman–Crippen LogP) is 4.47. The van der Waals surface area contributed by atoms with Crippen LogP contribution < -0.4 is 5.32 Å². The van der Waals surface area contributed by atoms with E-state index in [1.807, 2.05) is 23.3 Å². The van der Waals surface area contributed by atoms with Crippen molar-refractivity contribution in [1.82, 2.24) is 14.9 Å². The van der Waals surface area contributed by atoms with Gasteiger partial charge in [0.15, 0.2) is 5.13 Å². The second kappa shape index (κ2) is 6.49. The van der Waals surface area contributed by atoms with Crippen molar-refractivity contribution in [2.45, 2.75) is 25.7 Å². The summed E-state index contributed by atoms with van der Waals surface area (Å²) >= 11 is 3.24. The Balaban J connectivity index is 1.38. The number of hydrogen-bond donors (Lipinski definition) is 1. The molecule has 3 heterocycles. The van der Waals surface area contributed by atoms with Crippen LogP contribution in [0.3, 0.4) is 0 Å². The molecule has 1 aromatic carbocycles. The number of aryl methyl sites for hydroxylation is 1. The van der Waals surface area contributed by atoms with Gasteiger partial charge in [0.1, 0.15) is 0 Å². The number of likely N-dealkylation sites (tertiary alicyclic amines) is 1. The van der Waals surface area contributed by atoms with Gasteiger partial charge < -0.3 is 4.90 Å². The Labute approximate surface area is 148 Å². The van der Waals surface area contributed by atoms with E-state index in [2.05, 4.69) is 28.5 Å². The maximum Gasteiger partial charge on any atom is 0.323 e. The van der Waals surface area contributed by atoms with Crippen LogP contribution in [0.25, 0.3) is 10.2 Å². The van der Waals surface area contributed by atoms with E-state index in [1.54, 1.807) is 11.3 Å². The average Bonchev–Trinajstić information content (AvgIpc) is 3.21. The molecule has 1 N–H and O–H groups in total. The molecule has 3 aromatic rings. The molecule has 0 bridgehead atoms. The maximum absolute atomic E-state index is 12.3. The highest BCUT2D eigenvalue weighted by Crippen LogP contribution is 2.33. The van der Waals surface area contributed by atoms with E-state index in [-0.39, 0.29) is 6.03 Å². The van der Waals surface area contributed by atoms with E-state index in [4.69, 9.17) is 4.98 Å². The number of carbonyl (C=O) groups excluding carboxylic acids is 1. The topological polar surface area (TPSA) is 58.1 Å². The average molecular weight is 358 g/mol. The van der Waals surface area contributed by atoms with Crippen LogP contribution >= 0.6 is 22.7 Å². The van der Waals surface area contributed by atoms with Crippen molar-refractivity contribution in [3.8, 4) is 0 Å². The molecule has 0 saturated carbocycles. The minimum atomic E-state index is -0.0490. The van der Waals surface area contributed by atoms with Gasteiger partial charge in [-0.15, -0.1) is 22.7 Å². The van der Waals surface area contributed by atoms with Crippen LogP contribution in [0.15, 0.2) is 29.6 Å². The van der Waals surface area contributed by atoms with Crippen LogP contribution in [0.1, 0.15) is 29.5 Å². The van der Waals surface area contributed by atoms with E-state index in [0.717, 1.165) is 37.1 Å². The van der Waals surface area contributed by atoms with Crippen molar-refractivity contribution in [2.75, 3.05) is 18.4 Å². The van der Waals surface area contributed by atoms with Gasteiger partial charge in [-0.3, -0.25) is 5.32 Å². The summed E-state index contributed by atoms with van der Waals surface area (Å²) < 4.78 is 1.24. The van der Waals surface area contributed by atoms with Crippen molar-refractivity contribution in [2.24, 2.45) is 0 Å². The third-order valence-electron chi connectivity index (χ3n) is 4.27. The van der Waals surface area contributed by atoms with E-state index < -0.39 is 0 Å². The van der Waals surface area contributed by atoms with Crippen molar-refractivity contribution >= 4 is 44.1 Å². The molecule has 1 fully saturated rings. The van der Waals surface area contributed by atoms with Gasteiger partial charge in [0.05, 0.1) is 20.9 Å². The first-order chi connectivity index (χ1) is 11.7. The number of urea groups is 1. The molecule has 2 amide bonds. The van der Waals surface area contributed by atoms with Gasteiger partial charge in [0, 0.05) is 24.4 Å². The number of anilines is 1. The van der Waals surface area contributed by atoms with Gasteiger partial charge >= 0.3 is 6.03 Å². The number of nitrogens with zero attached hydrogens (tertiary/aromatic N) is 3. The van der Waals surface area contributed by atoms with Crippen LogP contribution in [0.2, 0.25) is 0 Å². The first-order valence-corrected chi connectivity index (χ1v) is 9.72. The van der Waals surface area contributed by atoms with Crippen LogP contribution in [0.5, 0.6) is 0 Å². The van der Waals surface area contributed by atoms with E-state index in [0.29, 0.717) is 11.0 Å². The van der Waals surface area contributed by atoms with Crippen LogP contribution in [-0.2, 0) is 0 Å². The zero-order valence-electron chi connectivity index (χ0n) is 13.4. The number of amides is 2. The molecule has 1 aliphatic rings. The molecular formula is C17H18N4OS2. The highest BCUT2D eigenvalue weighted by atomic mass is 32.1. The Kier molecular flexibility index (Phi) is 4.20. The Morgan fingerprint density at radius 2 is 2.04 bits per heavy atom. The maximum atomic E-state index is 12.3. The zero-order valence-corrected chi connectivity index (χ0v) is 15.0. The fourth-order valence-electron chi connectivity index (χ4n) is 2.98. The first kappa shape index (κ1) is 15.5. The number of nitrogens with one attached hydrogen (secondary N) is 1. The predicted molar refractivity (Wildman–Crippen MR) is 99.0 cm³/mol. The zero-order chi connectivity index (χ0) is 16.5. The summed E-state index contributed by atoms with van der Waals surface area (Å²) in [5.41, 5.74) is 2.02. The molecule has 0 radical (unpaired) electrons. The van der Waals surface area contributed by atoms with E-state index in [9.17, 15) is 4.79 Å². The highest BCUT2D eigenvalue weighted by Gasteiger charge is 2.26. The SMILES string of the molecule is Cc1csc(NC(=O)N2CCC(c3nc4ccccc4s3)CC2)n1. The van der Waals surface area contributed by atoms with Crippen LogP contribution in [-0.4, -0.2) is 34.0 Å². The second-order valence-electron chi connectivity index (χ2n) is 6.01. The van der Waals surface area contributed by atoms with Gasteiger partial charge in [-0.1, -0.05) is 12.1 Å². The third kappa shape index (κ3) is 3.14. The van der Waals surface area contributed by atoms with Crippen molar-refractivity contribution in [1.29, 1.82) is 0 Å². The summed E-state index contributed by atoms with van der Waals surface area (Å²) in [6, 6.07) is 8.21. The van der Waals surface area contributed by atoms with Crippen molar-refractivity contribution in [3.05, 3.63) is 40.3 Å². The summed E-state index contributed by atoms with van der Waals surface area (Å²) in [6.45, 7) is 3.45. The number of aromatic nitrogens is 2. The Morgan fingerprint density at radius 3 is 2.75 bits per heavy atom. The lowest BCUT2D eigenvalue weighted by Gasteiger charge is -2.30. The van der Waals surface area contributed by atoms with Gasteiger partial charge in [-0.05, 0) is 31.9 Å². The molecule has 0 atom stereocenters. The third-order valence-corrected chi connectivity index (χ3v) is 6.35. The minimum absolute atomic E-state index is 0.0490. The standard InChI is InChI=1S/C17H18N4OS2/c1-11-10-23-16(18-11)20-17(22)21-8-6-12(7-9-21)15-19-13-4-2-3-5-14(13)24-15/h2-5,10,12H,6-9H2,1H3,(H,18,20,22). The molecule has 0 aliphatic carbocycles. The number of benzene rings is 1. The molecule has 2 aromatic heterocycles. The largest absolute Gasteiger partial charge is 0.324 e. The molecule has 0 spiro atoms. The van der Waals surface area contributed by atoms with E-state index >= 15 is 0 Å². The number of thiazole rings is 2. The summed E-state index contributed by atoms with van der Waals surface area (Å²) in [6.07, 6.45) is 1.92. The Hall–Kier alpha value is -1.99. The smallest absolute Gasteiger partial charge is 0.323 e. The number of fused-ring (bicyclic) bond motifs is 1. The quantitative estimate of drug-likeness (QED) is 0.735. The molecule has 7 heteroatoms. The fourth-order valence-corrected chi connectivity index (χ4v) is 4.79. The molecule has 1 saturated heterocycles. The summed E-state index contributed by atoms with van der Waals surface area (Å²) in [4.78, 5) is 23.3. The lowest BCUT2D eigenvalue weighted by atomic mass is 9.98. The normalized spacial score (nSPS) is 15.8. The summed E-state index contributed by atoms with van der Waals surface area (Å²) in [7, 11) is 0. The lowest BCUT2D eigenvalue weighted by Crippen LogP contribution is -2.40. The number of piperidine rings is 1. The van der Waals surface area contributed by atoms with Crippen LogP contribution in [0, 0.1) is 6.92 Å². The van der Waals surface area contributed by atoms with Gasteiger partial charge in [-0.25, -0.2) is 14.8 Å². The monoisotopic (exact) mass is 358 g/mol. The number of para-hydroxylation sites is 1. The van der Waals surface area contributed by atoms with E-state index in [1.165, 1.54) is 21.0 Å². The Morgan fingerprint density at radius 1 is 1.25 bits per heavy atom. The van der Waals surface area contributed by atoms with Crippen LogP contribution in [0.4, 0.5) is 9.93 Å². The van der Waals surface area contributed by atoms with Gasteiger partial charge in [0.25, 0.3) is 0 Å². The highest BCUT2D eigenvalue weighted by molar-refractivity contribution is 7.18.